The molecule has 1 saturated heterocycles. The standard InChI is InChI=1S/C16H23BBrNO4/c1-6-21-14(20)10-11(12-8-7-9-13(18)19-12)17-22-15(2,3)16(4,5)23-17/h7-9,11H,6,10H2,1-5H3. The fourth-order valence-electron chi connectivity index (χ4n) is 2.42. The van der Waals surface area contributed by atoms with Gasteiger partial charge in [-0.15, -0.1) is 0 Å². The maximum absolute atomic E-state index is 12.0. The second-order valence-electron chi connectivity index (χ2n) is 6.63. The van der Waals surface area contributed by atoms with Gasteiger partial charge in [0.15, 0.2) is 0 Å². The van der Waals surface area contributed by atoms with Crippen molar-refractivity contribution >= 4 is 29.0 Å². The van der Waals surface area contributed by atoms with E-state index < -0.39 is 18.3 Å². The van der Waals surface area contributed by atoms with Crippen molar-refractivity contribution in [2.45, 2.75) is 58.1 Å². The van der Waals surface area contributed by atoms with Gasteiger partial charge in [0.25, 0.3) is 0 Å². The summed E-state index contributed by atoms with van der Waals surface area (Å²) in [6.45, 7) is 10.1. The SMILES string of the molecule is CCOC(=O)CC(B1OC(C)(C)C(C)(C)O1)c1cccc(Br)n1. The third kappa shape index (κ3) is 4.14. The van der Waals surface area contributed by atoms with Crippen LogP contribution in [0.5, 0.6) is 0 Å². The van der Waals surface area contributed by atoms with Crippen LogP contribution >= 0.6 is 15.9 Å². The van der Waals surface area contributed by atoms with Gasteiger partial charge in [-0.25, -0.2) is 4.98 Å². The van der Waals surface area contributed by atoms with E-state index in [0.29, 0.717) is 11.2 Å². The van der Waals surface area contributed by atoms with Gasteiger partial charge in [0.1, 0.15) is 4.60 Å². The second kappa shape index (κ2) is 6.91. The van der Waals surface area contributed by atoms with E-state index in [9.17, 15) is 4.79 Å². The molecule has 1 atom stereocenters. The van der Waals surface area contributed by atoms with Crippen LogP contribution in [0.1, 0.15) is 52.6 Å². The molecule has 126 valence electrons. The topological polar surface area (TPSA) is 57.7 Å². The van der Waals surface area contributed by atoms with Crippen molar-refractivity contribution in [3.05, 3.63) is 28.5 Å². The maximum Gasteiger partial charge on any atom is 0.468 e. The Balaban J connectivity index is 2.29. The first-order valence-electron chi connectivity index (χ1n) is 7.80. The summed E-state index contributed by atoms with van der Waals surface area (Å²) >= 11 is 3.37. The van der Waals surface area contributed by atoms with Crippen molar-refractivity contribution in [3.63, 3.8) is 0 Å². The molecule has 2 rings (SSSR count). The molecule has 0 saturated carbocycles. The largest absolute Gasteiger partial charge is 0.468 e. The number of hydrogen-bond acceptors (Lipinski definition) is 5. The zero-order valence-corrected chi connectivity index (χ0v) is 15.8. The molecule has 2 heterocycles. The molecule has 0 aromatic carbocycles. The number of esters is 1. The maximum atomic E-state index is 12.0. The molecule has 1 aromatic heterocycles. The van der Waals surface area contributed by atoms with Crippen molar-refractivity contribution < 1.29 is 18.8 Å². The van der Waals surface area contributed by atoms with Crippen LogP contribution in [0.3, 0.4) is 0 Å². The van der Waals surface area contributed by atoms with Gasteiger partial charge < -0.3 is 14.0 Å². The summed E-state index contributed by atoms with van der Waals surface area (Å²) in [5.74, 6) is -0.610. The number of ether oxygens (including phenoxy) is 1. The van der Waals surface area contributed by atoms with Crippen LogP contribution in [0.15, 0.2) is 22.8 Å². The first kappa shape index (κ1) is 18.4. The Bertz CT molecular complexity index is 563. The third-order valence-electron chi connectivity index (χ3n) is 4.41. The molecule has 0 aliphatic carbocycles. The van der Waals surface area contributed by atoms with Crippen LogP contribution in [0.2, 0.25) is 0 Å². The average molecular weight is 384 g/mol. The molecule has 0 radical (unpaired) electrons. The first-order chi connectivity index (χ1) is 10.7. The van der Waals surface area contributed by atoms with Crippen LogP contribution in [0.4, 0.5) is 0 Å². The molecule has 5 nitrogen and oxygen atoms in total. The number of aromatic nitrogens is 1. The van der Waals surface area contributed by atoms with Gasteiger partial charge in [-0.2, -0.15) is 0 Å². The minimum atomic E-state index is -0.550. The molecule has 1 aliphatic rings. The van der Waals surface area contributed by atoms with E-state index in [1.807, 2.05) is 45.9 Å². The predicted octanol–water partition coefficient (Wildman–Crippen LogP) is 3.51. The van der Waals surface area contributed by atoms with Gasteiger partial charge in [-0.3, -0.25) is 4.79 Å². The minimum absolute atomic E-state index is 0.161. The van der Waals surface area contributed by atoms with Crippen molar-refractivity contribution in [1.29, 1.82) is 0 Å². The highest BCUT2D eigenvalue weighted by atomic mass is 79.9. The molecule has 0 bridgehead atoms. The van der Waals surface area contributed by atoms with E-state index in [0.717, 1.165) is 5.69 Å². The fraction of sp³-hybridized carbons (Fsp3) is 0.625. The number of pyridine rings is 1. The van der Waals surface area contributed by atoms with E-state index in [1.54, 1.807) is 6.92 Å². The van der Waals surface area contributed by atoms with Crippen LogP contribution in [-0.2, 0) is 18.8 Å². The predicted molar refractivity (Wildman–Crippen MR) is 92.0 cm³/mol. The number of rotatable bonds is 5. The summed E-state index contributed by atoms with van der Waals surface area (Å²) < 4.78 is 18.0. The Morgan fingerprint density at radius 1 is 1.30 bits per heavy atom. The molecular formula is C16H23BBrNO4. The Morgan fingerprint density at radius 2 is 1.91 bits per heavy atom. The summed E-state index contributed by atoms with van der Waals surface area (Å²) in [6.07, 6.45) is 0.161. The van der Waals surface area contributed by atoms with Crippen molar-refractivity contribution in [1.82, 2.24) is 4.98 Å². The van der Waals surface area contributed by atoms with Crippen molar-refractivity contribution in [2.24, 2.45) is 0 Å². The fourth-order valence-corrected chi connectivity index (χ4v) is 2.78. The van der Waals surface area contributed by atoms with E-state index in [-0.39, 0.29) is 18.2 Å². The van der Waals surface area contributed by atoms with Crippen LogP contribution in [0.25, 0.3) is 0 Å². The Labute approximate surface area is 146 Å². The van der Waals surface area contributed by atoms with E-state index in [4.69, 9.17) is 14.0 Å². The number of hydrogen-bond donors (Lipinski definition) is 0. The quantitative estimate of drug-likeness (QED) is 0.442. The lowest BCUT2D eigenvalue weighted by molar-refractivity contribution is -0.143. The summed E-state index contributed by atoms with van der Waals surface area (Å²) in [6, 6.07) is 5.60. The molecule has 0 spiro atoms. The monoisotopic (exact) mass is 383 g/mol. The highest BCUT2D eigenvalue weighted by molar-refractivity contribution is 9.10. The summed E-state index contributed by atoms with van der Waals surface area (Å²) in [4.78, 5) is 16.5. The molecule has 1 fully saturated rings. The Kier molecular flexibility index (Phi) is 5.54. The van der Waals surface area contributed by atoms with Crippen molar-refractivity contribution in [3.8, 4) is 0 Å². The van der Waals surface area contributed by atoms with E-state index in [1.165, 1.54) is 0 Å². The Morgan fingerprint density at radius 3 is 2.43 bits per heavy atom. The third-order valence-corrected chi connectivity index (χ3v) is 4.85. The Hall–Kier alpha value is -0.915. The average Bonchev–Trinajstić information content (AvgIpc) is 2.65. The highest BCUT2D eigenvalue weighted by Crippen LogP contribution is 2.41. The first-order valence-corrected chi connectivity index (χ1v) is 8.59. The smallest absolute Gasteiger partial charge is 0.466 e. The van der Waals surface area contributed by atoms with E-state index >= 15 is 0 Å². The summed E-state index contributed by atoms with van der Waals surface area (Å²) in [5, 5.41) is 0. The lowest BCUT2D eigenvalue weighted by Crippen LogP contribution is -2.41. The molecule has 23 heavy (non-hydrogen) atoms. The molecule has 0 amide bonds. The molecule has 1 unspecified atom stereocenters. The number of halogens is 1. The lowest BCUT2D eigenvalue weighted by atomic mass is 9.68. The second-order valence-corrected chi connectivity index (χ2v) is 7.44. The number of carbonyl (C=O) groups is 1. The normalized spacial score (nSPS) is 20.3. The molecular weight excluding hydrogens is 361 g/mol. The summed E-state index contributed by atoms with van der Waals surface area (Å²) in [5.41, 5.74) is -0.182. The van der Waals surface area contributed by atoms with Gasteiger partial charge in [-0.05, 0) is 62.7 Å². The van der Waals surface area contributed by atoms with E-state index in [2.05, 4.69) is 20.9 Å². The van der Waals surface area contributed by atoms with Crippen molar-refractivity contribution in [2.75, 3.05) is 6.61 Å². The van der Waals surface area contributed by atoms with Crippen LogP contribution in [-0.4, -0.2) is 35.9 Å². The van der Waals surface area contributed by atoms with Gasteiger partial charge in [0.05, 0.1) is 24.2 Å². The minimum Gasteiger partial charge on any atom is -0.466 e. The van der Waals surface area contributed by atoms with Crippen LogP contribution in [0, 0.1) is 0 Å². The lowest BCUT2D eigenvalue weighted by Gasteiger charge is -2.32. The number of nitrogens with zero attached hydrogens (tertiary/aromatic N) is 1. The van der Waals surface area contributed by atoms with Gasteiger partial charge in [0.2, 0.25) is 0 Å². The van der Waals surface area contributed by atoms with Gasteiger partial charge >= 0.3 is 13.1 Å². The molecule has 1 aliphatic heterocycles. The summed E-state index contributed by atoms with van der Waals surface area (Å²) in [7, 11) is -0.550. The molecule has 0 N–H and O–H groups in total. The number of carbonyl (C=O) groups excluding carboxylic acids is 1. The molecule has 1 aromatic rings. The van der Waals surface area contributed by atoms with Gasteiger partial charge in [0, 0.05) is 11.5 Å². The zero-order chi connectivity index (χ0) is 17.3. The zero-order valence-electron chi connectivity index (χ0n) is 14.3. The molecule has 7 heteroatoms. The van der Waals surface area contributed by atoms with Gasteiger partial charge in [-0.1, -0.05) is 6.07 Å². The highest BCUT2D eigenvalue weighted by Gasteiger charge is 2.54. The van der Waals surface area contributed by atoms with Crippen LogP contribution < -0.4 is 0 Å².